The number of aryl methyl sites for hydroxylation is 1. The first kappa shape index (κ1) is 24.2. The van der Waals surface area contributed by atoms with Crippen molar-refractivity contribution in [3.8, 4) is 11.4 Å². The number of nitrogens with two attached hydrogens (primary N) is 2. The molecule has 5 aromatic rings. The topological polar surface area (TPSA) is 120 Å². The van der Waals surface area contributed by atoms with Gasteiger partial charge in [0.15, 0.2) is 0 Å². The van der Waals surface area contributed by atoms with Crippen molar-refractivity contribution in [2.45, 2.75) is 40.3 Å². The fourth-order valence-corrected chi connectivity index (χ4v) is 4.93. The highest BCUT2D eigenvalue weighted by Crippen LogP contribution is 2.43. The lowest BCUT2D eigenvalue weighted by atomic mass is 10.0. The van der Waals surface area contributed by atoms with Crippen LogP contribution >= 0.6 is 0 Å². The summed E-state index contributed by atoms with van der Waals surface area (Å²) in [5.74, 6) is 6.00. The molecule has 0 radical (unpaired) electrons. The molecular formula is C28H30N8O. The van der Waals surface area contributed by atoms with Gasteiger partial charge in [-0.3, -0.25) is 9.69 Å². The van der Waals surface area contributed by atoms with Crippen LogP contribution in [0.2, 0.25) is 0 Å². The molecule has 0 atom stereocenters. The van der Waals surface area contributed by atoms with Crippen LogP contribution in [0.4, 0.5) is 11.4 Å². The molecule has 0 unspecified atom stereocenters. The monoisotopic (exact) mass is 494 g/mol. The molecule has 0 saturated heterocycles. The smallest absolute Gasteiger partial charge is 0.138 e. The lowest BCUT2D eigenvalue weighted by Crippen LogP contribution is -2.24. The molecule has 0 amide bonds. The lowest BCUT2D eigenvalue weighted by molar-refractivity contribution is 0.538. The maximum absolute atomic E-state index is 12.3. The van der Waals surface area contributed by atoms with Crippen molar-refractivity contribution in [3.05, 3.63) is 88.9 Å². The Morgan fingerprint density at radius 2 is 1.84 bits per heavy atom. The maximum Gasteiger partial charge on any atom is 0.138 e. The third-order valence-corrected chi connectivity index (χ3v) is 6.72. The Hall–Kier alpha value is -4.50. The third-order valence-electron chi connectivity index (χ3n) is 6.72. The van der Waals surface area contributed by atoms with E-state index in [0.717, 1.165) is 55.7 Å². The van der Waals surface area contributed by atoms with E-state index in [0.29, 0.717) is 12.2 Å². The van der Waals surface area contributed by atoms with Gasteiger partial charge in [-0.15, -0.1) is 4.91 Å². The van der Waals surface area contributed by atoms with Crippen molar-refractivity contribution in [1.82, 2.24) is 19.3 Å². The number of hydrogen-bond acceptors (Lipinski definition) is 7. The summed E-state index contributed by atoms with van der Waals surface area (Å²) in [6, 6.07) is 16.0. The van der Waals surface area contributed by atoms with Crippen molar-refractivity contribution < 1.29 is 0 Å². The number of fused-ring (bicyclic) bond motifs is 3. The number of pyridine rings is 1. The van der Waals surface area contributed by atoms with Gasteiger partial charge in [-0.2, -0.15) is 5.10 Å². The van der Waals surface area contributed by atoms with Crippen LogP contribution in [0.3, 0.4) is 0 Å². The highest BCUT2D eigenvalue weighted by molar-refractivity contribution is 6.14. The van der Waals surface area contributed by atoms with Crippen LogP contribution in [0.15, 0.2) is 72.3 Å². The Kier molecular flexibility index (Phi) is 6.22. The van der Waals surface area contributed by atoms with Gasteiger partial charge in [-0.25, -0.2) is 10.8 Å². The van der Waals surface area contributed by atoms with Crippen molar-refractivity contribution in [2.24, 2.45) is 16.8 Å². The Bertz CT molecular complexity index is 1640. The van der Waals surface area contributed by atoms with Crippen LogP contribution in [-0.2, 0) is 6.54 Å². The first-order chi connectivity index (χ1) is 17.8. The van der Waals surface area contributed by atoms with E-state index in [2.05, 4.69) is 28.7 Å². The number of anilines is 1. The molecule has 0 bridgehead atoms. The Balaban J connectivity index is 1.78. The summed E-state index contributed by atoms with van der Waals surface area (Å²) in [7, 11) is 0. The van der Waals surface area contributed by atoms with Crippen molar-refractivity contribution in [3.63, 3.8) is 0 Å². The Morgan fingerprint density at radius 1 is 1.11 bits per heavy atom. The van der Waals surface area contributed by atoms with Crippen molar-refractivity contribution in [2.75, 3.05) is 5.01 Å². The van der Waals surface area contributed by atoms with Crippen molar-refractivity contribution in [1.29, 1.82) is 0 Å². The molecule has 3 heterocycles. The molecule has 37 heavy (non-hydrogen) atoms. The molecule has 188 valence electrons. The van der Waals surface area contributed by atoms with Crippen molar-refractivity contribution >= 4 is 33.2 Å². The highest BCUT2D eigenvalue weighted by Gasteiger charge is 2.26. The van der Waals surface area contributed by atoms with E-state index in [1.807, 2.05) is 73.3 Å². The van der Waals surface area contributed by atoms with Gasteiger partial charge >= 0.3 is 0 Å². The normalized spacial score (nSPS) is 11.8. The molecule has 0 aliphatic rings. The fourth-order valence-electron chi connectivity index (χ4n) is 4.93. The predicted octanol–water partition coefficient (Wildman–Crippen LogP) is 5.81. The molecule has 0 fully saturated rings. The highest BCUT2D eigenvalue weighted by atomic mass is 16.3. The second kappa shape index (κ2) is 9.51. The largest absolute Gasteiger partial charge is 0.403 e. The number of nitrogens with zero attached hydrogens (tertiary/aromatic N) is 6. The van der Waals surface area contributed by atoms with E-state index in [1.54, 1.807) is 6.20 Å². The number of aromatic nitrogens is 4. The zero-order chi connectivity index (χ0) is 26.3. The molecule has 9 heteroatoms. The average Bonchev–Trinajstić information content (AvgIpc) is 3.41. The fraction of sp³-hybridized carbons (Fsp3) is 0.214. The molecule has 2 aromatic carbocycles. The van der Waals surface area contributed by atoms with Gasteiger partial charge in [0, 0.05) is 36.1 Å². The summed E-state index contributed by atoms with van der Waals surface area (Å²) in [5, 5.41) is 11.3. The maximum atomic E-state index is 12.3. The van der Waals surface area contributed by atoms with Gasteiger partial charge in [0.25, 0.3) is 0 Å². The summed E-state index contributed by atoms with van der Waals surface area (Å²) in [6.45, 7) is 8.66. The summed E-state index contributed by atoms with van der Waals surface area (Å²) in [6.07, 6.45) is 4.82. The van der Waals surface area contributed by atoms with E-state index < -0.39 is 0 Å². The second-order valence-corrected chi connectivity index (χ2v) is 9.44. The van der Waals surface area contributed by atoms with E-state index in [1.165, 1.54) is 11.2 Å². The van der Waals surface area contributed by atoms with Gasteiger partial charge in [-0.1, -0.05) is 30.3 Å². The Morgan fingerprint density at radius 3 is 2.51 bits per heavy atom. The van der Waals surface area contributed by atoms with E-state index >= 15 is 0 Å². The molecule has 3 aromatic heterocycles. The second-order valence-electron chi connectivity index (χ2n) is 9.44. The predicted molar refractivity (Wildman–Crippen MR) is 149 cm³/mol. The van der Waals surface area contributed by atoms with Gasteiger partial charge in [0.2, 0.25) is 0 Å². The minimum absolute atomic E-state index is 0.123. The van der Waals surface area contributed by atoms with Crippen LogP contribution in [0.5, 0.6) is 0 Å². The van der Waals surface area contributed by atoms with Crippen LogP contribution in [0, 0.1) is 18.8 Å². The zero-order valence-electron chi connectivity index (χ0n) is 21.4. The van der Waals surface area contributed by atoms with Gasteiger partial charge < -0.3 is 10.3 Å². The molecule has 0 saturated carbocycles. The minimum Gasteiger partial charge on any atom is -0.403 e. The van der Waals surface area contributed by atoms with Gasteiger partial charge in [0.05, 0.1) is 34.0 Å². The molecule has 5 rings (SSSR count). The van der Waals surface area contributed by atoms with Crippen LogP contribution in [-0.4, -0.2) is 19.3 Å². The van der Waals surface area contributed by atoms with E-state index in [-0.39, 0.29) is 6.04 Å². The van der Waals surface area contributed by atoms with Crippen LogP contribution < -0.4 is 16.6 Å². The van der Waals surface area contributed by atoms with E-state index in [4.69, 9.17) is 16.6 Å². The van der Waals surface area contributed by atoms with Crippen LogP contribution in [0.1, 0.15) is 36.7 Å². The number of para-hydroxylation sites is 1. The first-order valence-corrected chi connectivity index (χ1v) is 12.2. The SMILES string of the molecule is Cc1cnn(C(C)C)c1-c1nc2ccccc2c2c1c(N=O)c(C)n2Cc1ccc(N(N)/C=C\N)cc1. The Labute approximate surface area is 214 Å². The number of benzene rings is 2. The summed E-state index contributed by atoms with van der Waals surface area (Å²) in [5.41, 5.74) is 12.9. The van der Waals surface area contributed by atoms with Gasteiger partial charge in [-0.05, 0) is 62.2 Å². The number of hydrazine groups is 1. The third kappa shape index (κ3) is 4.03. The average molecular weight is 495 g/mol. The summed E-state index contributed by atoms with van der Waals surface area (Å²) < 4.78 is 4.11. The number of hydrogen-bond donors (Lipinski definition) is 2. The molecule has 4 N–H and O–H groups in total. The molecule has 0 aliphatic heterocycles. The van der Waals surface area contributed by atoms with Gasteiger partial charge in [0.1, 0.15) is 11.4 Å². The standard InChI is InChI=1S/C28H30N8O/c1-17(2)36-27(18(3)15-31-36)26-24-25(33-37)19(4)34(28(24)22-7-5-6-8-23(22)32-26)16-20-9-11-21(12-10-20)35(30)14-13-29/h5-15,17H,16,29-30H2,1-4H3/b14-13-. The molecule has 0 spiro atoms. The van der Waals surface area contributed by atoms with Crippen LogP contribution in [0.25, 0.3) is 33.2 Å². The number of rotatable bonds is 7. The summed E-state index contributed by atoms with van der Waals surface area (Å²) >= 11 is 0. The first-order valence-electron chi connectivity index (χ1n) is 12.2. The molecular weight excluding hydrogens is 464 g/mol. The van der Waals surface area contributed by atoms with E-state index in [9.17, 15) is 4.91 Å². The lowest BCUT2D eigenvalue weighted by Gasteiger charge is -2.16. The molecule has 0 aliphatic carbocycles. The zero-order valence-corrected chi connectivity index (χ0v) is 21.4. The minimum atomic E-state index is 0.123. The quantitative estimate of drug-likeness (QED) is 0.167. The number of nitroso groups, excluding NO2 is 1. The summed E-state index contributed by atoms with van der Waals surface area (Å²) in [4.78, 5) is 17.4. The molecule has 9 nitrogen and oxygen atoms in total.